The number of hydrogen-bond acceptors (Lipinski definition) is 4. The molecule has 20 heavy (non-hydrogen) atoms. The molecule has 1 fully saturated rings. The number of halogens is 1. The van der Waals surface area contributed by atoms with Gasteiger partial charge < -0.3 is 4.90 Å². The maximum Gasteiger partial charge on any atom is 0.185 e. The fourth-order valence-electron chi connectivity index (χ4n) is 2.89. The molecule has 0 aliphatic carbocycles. The standard InChI is InChI=1S/C15H18ClN3O/c16-12-4-6-13(7-5-12)19-10-14(17-15(19)11-20)18-8-2-1-3-9-18/h4-7,11,14H,1-3,8-10H2. The molecule has 0 spiro atoms. The molecule has 1 aromatic rings. The molecule has 1 unspecified atom stereocenters. The molecule has 0 saturated carbocycles. The van der Waals surface area contributed by atoms with Crippen molar-refractivity contribution in [2.75, 3.05) is 24.5 Å². The first-order valence-electron chi connectivity index (χ1n) is 7.08. The number of likely N-dealkylation sites (tertiary alicyclic amines) is 1. The van der Waals surface area contributed by atoms with Gasteiger partial charge in [0.2, 0.25) is 0 Å². The summed E-state index contributed by atoms with van der Waals surface area (Å²) in [5.74, 6) is 0.517. The Hall–Kier alpha value is -1.39. The number of anilines is 1. The van der Waals surface area contributed by atoms with E-state index in [4.69, 9.17) is 11.6 Å². The number of hydrogen-bond donors (Lipinski definition) is 0. The van der Waals surface area contributed by atoms with Crippen LogP contribution in [0.3, 0.4) is 0 Å². The number of piperidine rings is 1. The Bertz CT molecular complexity index is 508. The van der Waals surface area contributed by atoms with Gasteiger partial charge in [-0.3, -0.25) is 9.69 Å². The van der Waals surface area contributed by atoms with E-state index in [1.54, 1.807) is 0 Å². The summed E-state index contributed by atoms with van der Waals surface area (Å²) in [5, 5.41) is 0.699. The third-order valence-electron chi connectivity index (χ3n) is 3.96. The van der Waals surface area contributed by atoms with E-state index >= 15 is 0 Å². The molecule has 2 aliphatic heterocycles. The SMILES string of the molecule is O=CC1=NC(N2CCCCC2)CN1c1ccc(Cl)cc1. The van der Waals surface area contributed by atoms with Crippen molar-refractivity contribution < 1.29 is 4.79 Å². The molecule has 0 N–H and O–H groups in total. The first-order chi connectivity index (χ1) is 9.78. The Morgan fingerprint density at radius 3 is 2.50 bits per heavy atom. The van der Waals surface area contributed by atoms with E-state index in [1.165, 1.54) is 19.3 Å². The highest BCUT2D eigenvalue weighted by Crippen LogP contribution is 2.24. The molecule has 2 aliphatic rings. The number of carbonyl (C=O) groups is 1. The second-order valence-electron chi connectivity index (χ2n) is 5.27. The molecule has 1 atom stereocenters. The van der Waals surface area contributed by atoms with E-state index in [9.17, 15) is 4.79 Å². The fraction of sp³-hybridized carbons (Fsp3) is 0.467. The predicted octanol–water partition coefficient (Wildman–Crippen LogP) is 2.57. The van der Waals surface area contributed by atoms with Crippen LogP contribution in [0, 0.1) is 0 Å². The van der Waals surface area contributed by atoms with Crippen LogP contribution in [0.2, 0.25) is 5.02 Å². The summed E-state index contributed by atoms with van der Waals surface area (Å²) in [7, 11) is 0. The van der Waals surface area contributed by atoms with Crippen LogP contribution >= 0.6 is 11.6 Å². The van der Waals surface area contributed by atoms with Crippen molar-refractivity contribution in [3.63, 3.8) is 0 Å². The molecule has 0 aromatic heterocycles. The Morgan fingerprint density at radius 2 is 1.85 bits per heavy atom. The van der Waals surface area contributed by atoms with Gasteiger partial charge in [0.15, 0.2) is 12.1 Å². The topological polar surface area (TPSA) is 35.9 Å². The van der Waals surface area contributed by atoms with Crippen LogP contribution in [0.1, 0.15) is 19.3 Å². The minimum atomic E-state index is 0.103. The zero-order valence-corrected chi connectivity index (χ0v) is 12.1. The Morgan fingerprint density at radius 1 is 1.15 bits per heavy atom. The largest absolute Gasteiger partial charge is 0.320 e. The molecule has 1 aromatic carbocycles. The third-order valence-corrected chi connectivity index (χ3v) is 4.21. The lowest BCUT2D eigenvalue weighted by Gasteiger charge is -2.30. The highest BCUT2D eigenvalue weighted by Gasteiger charge is 2.30. The maximum atomic E-state index is 11.3. The van der Waals surface area contributed by atoms with E-state index in [0.717, 1.165) is 31.6 Å². The second-order valence-corrected chi connectivity index (χ2v) is 5.71. The summed E-state index contributed by atoms with van der Waals surface area (Å²) in [6.07, 6.45) is 4.70. The monoisotopic (exact) mass is 291 g/mol. The Kier molecular flexibility index (Phi) is 4.03. The lowest BCUT2D eigenvalue weighted by molar-refractivity contribution is -0.102. The summed E-state index contributed by atoms with van der Waals surface area (Å²) in [4.78, 5) is 20.2. The zero-order valence-electron chi connectivity index (χ0n) is 11.3. The van der Waals surface area contributed by atoms with Crippen molar-refractivity contribution in [3.8, 4) is 0 Å². The number of nitrogens with zero attached hydrogens (tertiary/aromatic N) is 3. The minimum Gasteiger partial charge on any atom is -0.320 e. The Balaban J connectivity index is 1.78. The lowest BCUT2D eigenvalue weighted by Crippen LogP contribution is -2.41. The number of aldehydes is 1. The summed E-state index contributed by atoms with van der Waals surface area (Å²) in [6.45, 7) is 2.90. The Labute approximate surface area is 124 Å². The van der Waals surface area contributed by atoms with E-state index in [-0.39, 0.29) is 6.17 Å². The quantitative estimate of drug-likeness (QED) is 0.803. The highest BCUT2D eigenvalue weighted by molar-refractivity contribution is 6.34. The molecule has 2 heterocycles. The van der Waals surface area contributed by atoms with Crippen LogP contribution in [0.25, 0.3) is 0 Å². The smallest absolute Gasteiger partial charge is 0.185 e. The number of rotatable bonds is 3. The number of carbonyl (C=O) groups excluding carboxylic acids is 1. The van der Waals surface area contributed by atoms with Crippen LogP contribution in [0.5, 0.6) is 0 Å². The van der Waals surface area contributed by atoms with Crippen molar-refractivity contribution in [2.45, 2.75) is 25.4 Å². The van der Waals surface area contributed by atoms with Crippen LogP contribution < -0.4 is 4.90 Å². The molecule has 0 radical (unpaired) electrons. The first kappa shape index (κ1) is 13.6. The van der Waals surface area contributed by atoms with Gasteiger partial charge in [-0.2, -0.15) is 0 Å². The molecule has 1 saturated heterocycles. The van der Waals surface area contributed by atoms with Gasteiger partial charge in [-0.1, -0.05) is 18.0 Å². The summed E-state index contributed by atoms with van der Waals surface area (Å²) < 4.78 is 0. The minimum absolute atomic E-state index is 0.103. The molecular weight excluding hydrogens is 274 g/mol. The van der Waals surface area contributed by atoms with Gasteiger partial charge in [-0.25, -0.2) is 4.99 Å². The molecular formula is C15H18ClN3O. The molecule has 5 heteroatoms. The van der Waals surface area contributed by atoms with Crippen molar-refractivity contribution in [2.24, 2.45) is 4.99 Å². The molecule has 106 valence electrons. The highest BCUT2D eigenvalue weighted by atomic mass is 35.5. The van der Waals surface area contributed by atoms with E-state index in [1.807, 2.05) is 29.2 Å². The van der Waals surface area contributed by atoms with Gasteiger partial charge in [0.25, 0.3) is 0 Å². The second kappa shape index (κ2) is 5.94. The third kappa shape index (κ3) is 2.72. The van der Waals surface area contributed by atoms with Gasteiger partial charge >= 0.3 is 0 Å². The molecule has 4 nitrogen and oxygen atoms in total. The molecule has 0 amide bonds. The van der Waals surface area contributed by atoms with Gasteiger partial charge in [0, 0.05) is 23.8 Å². The normalized spacial score (nSPS) is 23.8. The molecule has 3 rings (SSSR count). The number of amidine groups is 1. The molecule has 0 bridgehead atoms. The number of aliphatic imine (C=N–C) groups is 1. The van der Waals surface area contributed by atoms with Crippen molar-refractivity contribution in [1.29, 1.82) is 0 Å². The summed E-state index contributed by atoms with van der Waals surface area (Å²) in [6, 6.07) is 7.54. The van der Waals surface area contributed by atoms with Crippen molar-refractivity contribution in [1.82, 2.24) is 4.90 Å². The average Bonchev–Trinajstić information content (AvgIpc) is 2.93. The van der Waals surface area contributed by atoms with Gasteiger partial charge in [-0.15, -0.1) is 0 Å². The zero-order chi connectivity index (χ0) is 13.9. The first-order valence-corrected chi connectivity index (χ1v) is 7.46. The van der Waals surface area contributed by atoms with Gasteiger partial charge in [0.05, 0.1) is 6.54 Å². The lowest BCUT2D eigenvalue weighted by atomic mass is 10.1. The van der Waals surface area contributed by atoms with Crippen LogP contribution in [0.4, 0.5) is 5.69 Å². The maximum absolute atomic E-state index is 11.3. The predicted molar refractivity (Wildman–Crippen MR) is 81.5 cm³/mol. The van der Waals surface area contributed by atoms with Gasteiger partial charge in [-0.05, 0) is 37.1 Å². The van der Waals surface area contributed by atoms with Crippen molar-refractivity contribution in [3.05, 3.63) is 29.3 Å². The van der Waals surface area contributed by atoms with Crippen LogP contribution in [-0.2, 0) is 4.79 Å². The van der Waals surface area contributed by atoms with Gasteiger partial charge in [0.1, 0.15) is 6.17 Å². The summed E-state index contributed by atoms with van der Waals surface area (Å²) >= 11 is 5.91. The average molecular weight is 292 g/mol. The van der Waals surface area contributed by atoms with E-state index in [2.05, 4.69) is 9.89 Å². The van der Waals surface area contributed by atoms with Crippen LogP contribution in [0.15, 0.2) is 29.3 Å². The van der Waals surface area contributed by atoms with Crippen molar-refractivity contribution >= 4 is 29.4 Å². The fourth-order valence-corrected chi connectivity index (χ4v) is 3.01. The van der Waals surface area contributed by atoms with E-state index < -0.39 is 0 Å². The summed E-state index contributed by atoms with van der Waals surface area (Å²) in [5.41, 5.74) is 0.972. The van der Waals surface area contributed by atoms with Crippen LogP contribution in [-0.4, -0.2) is 42.8 Å². The van der Waals surface area contributed by atoms with E-state index in [0.29, 0.717) is 10.9 Å². The number of benzene rings is 1.